The summed E-state index contributed by atoms with van der Waals surface area (Å²) >= 11 is 1.96. The van der Waals surface area contributed by atoms with Crippen molar-refractivity contribution in [2.24, 2.45) is 0 Å². The van der Waals surface area contributed by atoms with E-state index in [0.29, 0.717) is 11.3 Å². The van der Waals surface area contributed by atoms with Gasteiger partial charge in [-0.1, -0.05) is 24.3 Å². The monoisotopic (exact) mass is 420 g/mol. The summed E-state index contributed by atoms with van der Waals surface area (Å²) in [5, 5.41) is 2.83. The molecule has 29 heavy (non-hydrogen) atoms. The first-order chi connectivity index (χ1) is 13.8. The Hall–Kier alpha value is -2.25. The summed E-state index contributed by atoms with van der Waals surface area (Å²) in [5.74, 6) is 1.89. The van der Waals surface area contributed by atoms with Crippen LogP contribution in [0.4, 0.5) is 18.9 Å². The molecule has 3 rings (SSSR count). The van der Waals surface area contributed by atoms with Crippen LogP contribution in [0.25, 0.3) is 6.08 Å². The largest absolute Gasteiger partial charge is 0.416 e. The minimum absolute atomic E-state index is 0.323. The molecule has 1 aliphatic heterocycles. The Kier molecular flexibility index (Phi) is 7.03. The van der Waals surface area contributed by atoms with Gasteiger partial charge in [-0.2, -0.15) is 24.9 Å². The molecule has 2 aromatic carbocycles. The van der Waals surface area contributed by atoms with E-state index in [4.69, 9.17) is 0 Å². The molecule has 0 saturated carbocycles. The van der Waals surface area contributed by atoms with E-state index >= 15 is 0 Å². The highest BCUT2D eigenvalue weighted by Gasteiger charge is 2.30. The molecule has 1 N–H and O–H groups in total. The molecule has 1 heterocycles. The molecular formula is C22H23F3N2OS. The van der Waals surface area contributed by atoms with Crippen LogP contribution in [0.5, 0.6) is 0 Å². The van der Waals surface area contributed by atoms with Crippen molar-refractivity contribution >= 4 is 29.4 Å². The predicted molar refractivity (Wildman–Crippen MR) is 113 cm³/mol. The number of nitrogens with zero attached hydrogens (tertiary/aromatic N) is 1. The van der Waals surface area contributed by atoms with Gasteiger partial charge in [0.15, 0.2) is 0 Å². The lowest BCUT2D eigenvalue weighted by Crippen LogP contribution is -2.32. The molecule has 0 radical (unpaired) electrons. The molecule has 0 spiro atoms. The Morgan fingerprint density at radius 3 is 2.62 bits per heavy atom. The van der Waals surface area contributed by atoms with E-state index in [-0.39, 0.29) is 5.91 Å². The minimum Gasteiger partial charge on any atom is -0.322 e. The number of nitrogens with one attached hydrogen (secondary N) is 1. The average molecular weight is 421 g/mol. The van der Waals surface area contributed by atoms with Gasteiger partial charge < -0.3 is 5.32 Å². The maximum Gasteiger partial charge on any atom is 0.416 e. The zero-order valence-corrected chi connectivity index (χ0v) is 16.9. The van der Waals surface area contributed by atoms with E-state index in [1.807, 2.05) is 30.8 Å². The van der Waals surface area contributed by atoms with Gasteiger partial charge in [0.1, 0.15) is 0 Å². The van der Waals surface area contributed by atoms with Gasteiger partial charge in [-0.3, -0.25) is 9.69 Å². The summed E-state index contributed by atoms with van der Waals surface area (Å²) in [5.41, 5.74) is 2.47. The maximum absolute atomic E-state index is 12.8. The van der Waals surface area contributed by atoms with Crippen LogP contribution in [0, 0.1) is 6.92 Å². The highest BCUT2D eigenvalue weighted by atomic mass is 32.2. The Bertz CT molecular complexity index is 890. The van der Waals surface area contributed by atoms with Crippen molar-refractivity contribution in [2.75, 3.05) is 29.9 Å². The SMILES string of the molecule is Cc1c(CN2CCSCC2)cccc1NC(=O)/C=C/c1cccc(C(F)(F)F)c1. The first-order valence-electron chi connectivity index (χ1n) is 9.38. The Balaban J connectivity index is 1.66. The molecule has 1 saturated heterocycles. The lowest BCUT2D eigenvalue weighted by molar-refractivity contribution is -0.137. The van der Waals surface area contributed by atoms with Gasteiger partial charge in [-0.25, -0.2) is 0 Å². The maximum atomic E-state index is 12.8. The summed E-state index contributed by atoms with van der Waals surface area (Å²) in [4.78, 5) is 14.7. The van der Waals surface area contributed by atoms with Gasteiger partial charge in [0.05, 0.1) is 5.56 Å². The Morgan fingerprint density at radius 2 is 1.90 bits per heavy atom. The highest BCUT2D eigenvalue weighted by molar-refractivity contribution is 7.99. The number of thioether (sulfide) groups is 1. The van der Waals surface area contributed by atoms with Crippen LogP contribution in [-0.2, 0) is 17.5 Å². The normalized spacial score (nSPS) is 15.6. The predicted octanol–water partition coefficient (Wildman–Crippen LogP) is 5.21. The fraction of sp³-hybridized carbons (Fsp3) is 0.318. The lowest BCUT2D eigenvalue weighted by Gasteiger charge is -2.27. The van der Waals surface area contributed by atoms with Crippen LogP contribution >= 0.6 is 11.8 Å². The number of carbonyl (C=O) groups is 1. The fourth-order valence-electron chi connectivity index (χ4n) is 3.16. The van der Waals surface area contributed by atoms with Gasteiger partial charge in [-0.15, -0.1) is 0 Å². The topological polar surface area (TPSA) is 32.3 Å². The highest BCUT2D eigenvalue weighted by Crippen LogP contribution is 2.29. The summed E-state index contributed by atoms with van der Waals surface area (Å²) in [6.45, 7) is 4.93. The van der Waals surface area contributed by atoms with Gasteiger partial charge in [-0.05, 0) is 47.9 Å². The molecular weight excluding hydrogens is 397 g/mol. The van der Waals surface area contributed by atoms with Crippen molar-refractivity contribution in [3.05, 3.63) is 70.8 Å². The second-order valence-electron chi connectivity index (χ2n) is 6.92. The lowest BCUT2D eigenvalue weighted by atomic mass is 10.1. The summed E-state index contributed by atoms with van der Waals surface area (Å²) in [6.07, 6.45) is -1.77. The third-order valence-corrected chi connectivity index (χ3v) is 5.79. The van der Waals surface area contributed by atoms with E-state index < -0.39 is 11.7 Å². The molecule has 1 amide bonds. The number of alkyl halides is 3. The number of carbonyl (C=O) groups excluding carboxylic acids is 1. The first-order valence-corrected chi connectivity index (χ1v) is 10.5. The van der Waals surface area contributed by atoms with E-state index in [0.717, 1.165) is 54.4 Å². The third kappa shape index (κ3) is 6.11. The fourth-order valence-corrected chi connectivity index (χ4v) is 4.13. The van der Waals surface area contributed by atoms with Crippen molar-refractivity contribution in [2.45, 2.75) is 19.6 Å². The number of rotatable bonds is 5. The number of halogens is 3. The molecule has 0 unspecified atom stereocenters. The van der Waals surface area contributed by atoms with Crippen LogP contribution in [-0.4, -0.2) is 35.4 Å². The molecule has 0 bridgehead atoms. The van der Waals surface area contributed by atoms with Crippen molar-refractivity contribution in [3.63, 3.8) is 0 Å². The number of anilines is 1. The van der Waals surface area contributed by atoms with Crippen molar-refractivity contribution < 1.29 is 18.0 Å². The minimum atomic E-state index is -4.41. The summed E-state index contributed by atoms with van der Waals surface area (Å²) < 4.78 is 38.4. The first kappa shape index (κ1) is 21.5. The molecule has 3 nitrogen and oxygen atoms in total. The van der Waals surface area contributed by atoms with E-state index in [1.165, 1.54) is 24.3 Å². The average Bonchev–Trinajstić information content (AvgIpc) is 2.70. The summed E-state index contributed by atoms with van der Waals surface area (Å²) in [6, 6.07) is 10.7. The second kappa shape index (κ2) is 9.50. The molecule has 0 aliphatic carbocycles. The number of hydrogen-bond donors (Lipinski definition) is 1. The Labute approximate surface area is 173 Å². The van der Waals surface area contributed by atoms with Crippen molar-refractivity contribution in [3.8, 4) is 0 Å². The molecule has 154 valence electrons. The number of benzene rings is 2. The smallest absolute Gasteiger partial charge is 0.322 e. The summed E-state index contributed by atoms with van der Waals surface area (Å²) in [7, 11) is 0. The molecule has 1 aliphatic rings. The van der Waals surface area contributed by atoms with Crippen LogP contribution in [0.3, 0.4) is 0 Å². The second-order valence-corrected chi connectivity index (χ2v) is 8.15. The van der Waals surface area contributed by atoms with E-state index in [2.05, 4.69) is 16.3 Å². The molecule has 2 aromatic rings. The quantitative estimate of drug-likeness (QED) is 0.674. The zero-order chi connectivity index (χ0) is 20.9. The molecule has 7 heteroatoms. The van der Waals surface area contributed by atoms with Gasteiger partial charge in [0.25, 0.3) is 0 Å². The van der Waals surface area contributed by atoms with E-state index in [1.54, 1.807) is 0 Å². The standard InChI is InChI=1S/C22H23F3N2OS/c1-16-18(15-27-10-12-29-13-11-27)5-3-7-20(16)26-21(28)9-8-17-4-2-6-19(14-17)22(23,24)25/h2-9,14H,10-13,15H2,1H3,(H,26,28)/b9-8+. The zero-order valence-electron chi connectivity index (χ0n) is 16.1. The number of amides is 1. The van der Waals surface area contributed by atoms with Crippen molar-refractivity contribution in [1.29, 1.82) is 0 Å². The van der Waals surface area contributed by atoms with Crippen LogP contribution < -0.4 is 5.32 Å². The Morgan fingerprint density at radius 1 is 1.17 bits per heavy atom. The third-order valence-electron chi connectivity index (χ3n) is 4.84. The molecule has 0 aromatic heterocycles. The van der Waals surface area contributed by atoms with Crippen LogP contribution in [0.2, 0.25) is 0 Å². The van der Waals surface area contributed by atoms with Gasteiger partial charge in [0, 0.05) is 42.9 Å². The van der Waals surface area contributed by atoms with Crippen LogP contribution in [0.15, 0.2) is 48.5 Å². The van der Waals surface area contributed by atoms with Gasteiger partial charge >= 0.3 is 6.18 Å². The molecule has 0 atom stereocenters. The molecule has 1 fully saturated rings. The number of hydrogen-bond acceptors (Lipinski definition) is 3. The van der Waals surface area contributed by atoms with E-state index in [9.17, 15) is 18.0 Å². The van der Waals surface area contributed by atoms with Crippen LogP contribution in [0.1, 0.15) is 22.3 Å². The van der Waals surface area contributed by atoms with Gasteiger partial charge in [0.2, 0.25) is 5.91 Å². The van der Waals surface area contributed by atoms with Crippen molar-refractivity contribution in [1.82, 2.24) is 4.90 Å².